The molecule has 94 valence electrons. The minimum Gasteiger partial charge on any atom is -0.381 e. The summed E-state index contributed by atoms with van der Waals surface area (Å²) in [4.78, 5) is 0. The highest BCUT2D eigenvalue weighted by Crippen LogP contribution is 2.60. The van der Waals surface area contributed by atoms with E-state index in [1.54, 1.807) is 20.8 Å². The predicted molar refractivity (Wildman–Crippen MR) is 59.6 cm³/mol. The van der Waals surface area contributed by atoms with Gasteiger partial charge in [0.15, 0.2) is 0 Å². The molecule has 1 saturated heterocycles. The molecule has 1 saturated carbocycles. The zero-order valence-corrected chi connectivity index (χ0v) is 10.5. The molecule has 2 aliphatic rings. The third kappa shape index (κ3) is 2.11. The van der Waals surface area contributed by atoms with E-state index in [0.29, 0.717) is 17.8 Å². The quantitative estimate of drug-likeness (QED) is 0.715. The molecule has 3 heteroatoms. The normalized spacial score (nSPS) is 33.9. The zero-order chi connectivity index (χ0) is 12.0. The first-order chi connectivity index (χ1) is 7.27. The summed E-state index contributed by atoms with van der Waals surface area (Å²) in [7, 11) is 0. The predicted octanol–water partition coefficient (Wildman–Crippen LogP) is 3.87. The molecule has 0 bridgehead atoms. The molecule has 1 nitrogen and oxygen atoms in total. The van der Waals surface area contributed by atoms with E-state index in [4.69, 9.17) is 4.74 Å². The van der Waals surface area contributed by atoms with Gasteiger partial charge in [0.2, 0.25) is 0 Å². The van der Waals surface area contributed by atoms with Crippen molar-refractivity contribution in [2.45, 2.75) is 52.4 Å². The van der Waals surface area contributed by atoms with E-state index in [0.717, 1.165) is 19.6 Å². The van der Waals surface area contributed by atoms with E-state index in [9.17, 15) is 8.78 Å². The second-order valence-electron chi connectivity index (χ2n) is 6.59. The van der Waals surface area contributed by atoms with Crippen molar-refractivity contribution in [2.75, 3.05) is 13.2 Å². The van der Waals surface area contributed by atoms with Gasteiger partial charge < -0.3 is 4.74 Å². The van der Waals surface area contributed by atoms with Crippen LogP contribution in [0.15, 0.2) is 0 Å². The van der Waals surface area contributed by atoms with E-state index in [-0.39, 0.29) is 6.42 Å². The second kappa shape index (κ2) is 3.66. The summed E-state index contributed by atoms with van der Waals surface area (Å²) < 4.78 is 32.8. The molecular formula is C13H22F2O. The van der Waals surface area contributed by atoms with Gasteiger partial charge in [-0.15, -0.1) is 0 Å². The molecule has 1 aliphatic carbocycles. The molecule has 1 heterocycles. The molecule has 0 aromatic heterocycles. The van der Waals surface area contributed by atoms with Gasteiger partial charge in [0.25, 0.3) is 5.92 Å². The molecule has 2 rings (SSSR count). The molecule has 1 aliphatic heterocycles. The second-order valence-corrected chi connectivity index (χ2v) is 6.59. The monoisotopic (exact) mass is 232 g/mol. The maximum atomic E-state index is 13.7. The van der Waals surface area contributed by atoms with Crippen molar-refractivity contribution in [1.29, 1.82) is 0 Å². The Hall–Kier alpha value is -0.180. The summed E-state index contributed by atoms with van der Waals surface area (Å²) in [6.07, 6.45) is 2.77. The first kappa shape index (κ1) is 12.3. The number of halogens is 2. The molecule has 2 fully saturated rings. The van der Waals surface area contributed by atoms with Gasteiger partial charge in [-0.3, -0.25) is 0 Å². The highest BCUT2D eigenvalue weighted by molar-refractivity contribution is 5.05. The van der Waals surface area contributed by atoms with Crippen molar-refractivity contribution in [1.82, 2.24) is 0 Å². The number of alkyl halides is 2. The standard InChI is InChI=1S/C13H22F2O/c1-11(2,3)13(14,15)6-4-5-12-7-10(12)8-16-9-12/h10H,4-9H2,1-3H3. The SMILES string of the molecule is CC(C)(C)C(F)(F)CCCC12COCC1C2. The molecule has 0 amide bonds. The van der Waals surface area contributed by atoms with E-state index in [2.05, 4.69) is 0 Å². The van der Waals surface area contributed by atoms with Crippen molar-refractivity contribution >= 4 is 0 Å². The van der Waals surface area contributed by atoms with Crippen LogP contribution in [0.25, 0.3) is 0 Å². The number of hydrogen-bond donors (Lipinski definition) is 0. The van der Waals surface area contributed by atoms with Crippen LogP contribution in [0.1, 0.15) is 46.5 Å². The molecular weight excluding hydrogens is 210 g/mol. The summed E-state index contributed by atoms with van der Waals surface area (Å²) in [5.74, 6) is -1.87. The lowest BCUT2D eigenvalue weighted by molar-refractivity contribution is -0.105. The van der Waals surface area contributed by atoms with Crippen LogP contribution in [0.2, 0.25) is 0 Å². The van der Waals surface area contributed by atoms with E-state index >= 15 is 0 Å². The van der Waals surface area contributed by atoms with Crippen LogP contribution in [0.5, 0.6) is 0 Å². The lowest BCUT2D eigenvalue weighted by Gasteiger charge is -2.30. The van der Waals surface area contributed by atoms with Crippen LogP contribution >= 0.6 is 0 Å². The van der Waals surface area contributed by atoms with Gasteiger partial charge in [-0.1, -0.05) is 20.8 Å². The van der Waals surface area contributed by atoms with Crippen molar-refractivity contribution in [2.24, 2.45) is 16.7 Å². The van der Waals surface area contributed by atoms with Crippen LogP contribution in [-0.4, -0.2) is 19.1 Å². The highest BCUT2D eigenvalue weighted by atomic mass is 19.3. The third-order valence-corrected chi connectivity index (χ3v) is 4.33. The first-order valence-corrected chi connectivity index (χ1v) is 6.22. The van der Waals surface area contributed by atoms with Gasteiger partial charge in [-0.2, -0.15) is 0 Å². The van der Waals surface area contributed by atoms with Gasteiger partial charge in [0.1, 0.15) is 0 Å². The molecule has 16 heavy (non-hydrogen) atoms. The molecule has 2 atom stereocenters. The molecule has 0 N–H and O–H groups in total. The molecule has 0 aromatic carbocycles. The van der Waals surface area contributed by atoms with Gasteiger partial charge in [0.05, 0.1) is 13.2 Å². The van der Waals surface area contributed by atoms with Crippen LogP contribution in [0.3, 0.4) is 0 Å². The summed E-state index contributed by atoms with van der Waals surface area (Å²) in [6.45, 7) is 6.51. The highest BCUT2D eigenvalue weighted by Gasteiger charge is 2.57. The maximum Gasteiger partial charge on any atom is 0.252 e. The summed E-state index contributed by atoms with van der Waals surface area (Å²) >= 11 is 0. The minimum absolute atomic E-state index is 0.0188. The van der Waals surface area contributed by atoms with E-state index in [1.165, 1.54) is 6.42 Å². The maximum absolute atomic E-state index is 13.7. The van der Waals surface area contributed by atoms with Gasteiger partial charge >= 0.3 is 0 Å². The van der Waals surface area contributed by atoms with Crippen LogP contribution < -0.4 is 0 Å². The Morgan fingerprint density at radius 3 is 2.44 bits per heavy atom. The zero-order valence-electron chi connectivity index (χ0n) is 10.5. The van der Waals surface area contributed by atoms with Crippen LogP contribution in [0.4, 0.5) is 8.78 Å². The Morgan fingerprint density at radius 1 is 1.31 bits per heavy atom. The van der Waals surface area contributed by atoms with Gasteiger partial charge in [-0.25, -0.2) is 8.78 Å². The molecule has 0 aromatic rings. The Labute approximate surface area is 96.6 Å². The molecule has 0 radical (unpaired) electrons. The fraction of sp³-hybridized carbons (Fsp3) is 1.00. The van der Waals surface area contributed by atoms with Gasteiger partial charge in [0, 0.05) is 11.8 Å². The van der Waals surface area contributed by atoms with Gasteiger partial charge in [-0.05, 0) is 30.6 Å². The number of rotatable bonds is 4. The lowest BCUT2D eigenvalue weighted by atomic mass is 9.84. The largest absolute Gasteiger partial charge is 0.381 e. The number of hydrogen-bond acceptors (Lipinski definition) is 1. The smallest absolute Gasteiger partial charge is 0.252 e. The summed E-state index contributed by atoms with van der Waals surface area (Å²) in [5.41, 5.74) is -0.617. The minimum atomic E-state index is -2.55. The van der Waals surface area contributed by atoms with Crippen molar-refractivity contribution < 1.29 is 13.5 Å². The lowest BCUT2D eigenvalue weighted by Crippen LogP contribution is -2.33. The number of ether oxygens (including phenoxy) is 1. The fourth-order valence-electron chi connectivity index (χ4n) is 2.66. The Morgan fingerprint density at radius 2 is 2.00 bits per heavy atom. The Balaban J connectivity index is 1.76. The molecule has 0 spiro atoms. The van der Waals surface area contributed by atoms with Crippen LogP contribution in [0, 0.1) is 16.7 Å². The van der Waals surface area contributed by atoms with Crippen molar-refractivity contribution in [3.05, 3.63) is 0 Å². The molecule has 2 unspecified atom stereocenters. The van der Waals surface area contributed by atoms with E-state index < -0.39 is 11.3 Å². The third-order valence-electron chi connectivity index (χ3n) is 4.33. The summed E-state index contributed by atoms with van der Waals surface area (Å²) in [6, 6.07) is 0. The Bertz CT molecular complexity index is 270. The topological polar surface area (TPSA) is 9.23 Å². The van der Waals surface area contributed by atoms with Crippen molar-refractivity contribution in [3.8, 4) is 0 Å². The van der Waals surface area contributed by atoms with E-state index in [1.807, 2.05) is 0 Å². The Kier molecular flexibility index (Phi) is 2.81. The average Bonchev–Trinajstić information content (AvgIpc) is 2.66. The van der Waals surface area contributed by atoms with Crippen molar-refractivity contribution in [3.63, 3.8) is 0 Å². The van der Waals surface area contributed by atoms with Crippen LogP contribution in [-0.2, 0) is 4.74 Å². The first-order valence-electron chi connectivity index (χ1n) is 6.22. The fourth-order valence-corrected chi connectivity index (χ4v) is 2.66. The number of fused-ring (bicyclic) bond motifs is 1. The average molecular weight is 232 g/mol. The summed E-state index contributed by atoms with van der Waals surface area (Å²) in [5, 5.41) is 0.